The third kappa shape index (κ3) is 2.77. The monoisotopic (exact) mass is 346 g/mol. The smallest absolute Gasteiger partial charge is 0.253 e. The van der Waals surface area contributed by atoms with Crippen LogP contribution in [-0.2, 0) is 10.0 Å². The van der Waals surface area contributed by atoms with Crippen molar-refractivity contribution < 1.29 is 8.42 Å². The maximum Gasteiger partial charge on any atom is 0.253 e. The van der Waals surface area contributed by atoms with E-state index in [1.807, 2.05) is 0 Å². The zero-order chi connectivity index (χ0) is 10.9. The number of nitrogens with zero attached hydrogens (tertiary/aromatic N) is 1. The minimum atomic E-state index is -3.28. The quantitative estimate of drug-likeness (QED) is 0.882. The van der Waals surface area contributed by atoms with Gasteiger partial charge in [-0.3, -0.25) is 0 Å². The molecule has 1 N–H and O–H groups in total. The molecule has 0 radical (unpaired) electrons. The van der Waals surface area contributed by atoms with Crippen molar-refractivity contribution in [2.24, 2.45) is 0 Å². The van der Waals surface area contributed by atoms with Crippen molar-refractivity contribution in [2.75, 3.05) is 26.2 Å². The van der Waals surface area contributed by atoms with Gasteiger partial charge < -0.3 is 5.32 Å². The van der Waals surface area contributed by atoms with E-state index in [9.17, 15) is 8.42 Å². The number of hydrogen-bond acceptors (Lipinski definition) is 4. The summed E-state index contributed by atoms with van der Waals surface area (Å²) in [7, 11) is -3.28. The lowest BCUT2D eigenvalue weighted by Gasteiger charge is -2.26. The van der Waals surface area contributed by atoms with Crippen LogP contribution in [0.5, 0.6) is 0 Å². The highest BCUT2D eigenvalue weighted by Crippen LogP contribution is 2.30. The average molecular weight is 348 g/mol. The Labute approximate surface area is 114 Å². The Morgan fingerprint density at radius 1 is 1.38 bits per heavy atom. The molecule has 0 aromatic carbocycles. The fourth-order valence-corrected chi connectivity index (χ4v) is 5.36. The SMILES string of the molecule is Cl.O=S(=O)(c1sccc1Br)N1CCNCC1. The summed E-state index contributed by atoms with van der Waals surface area (Å²) in [5.41, 5.74) is 0. The summed E-state index contributed by atoms with van der Waals surface area (Å²) in [6.07, 6.45) is 0. The molecule has 0 atom stereocenters. The van der Waals surface area contributed by atoms with Gasteiger partial charge in [-0.1, -0.05) is 0 Å². The summed E-state index contributed by atoms with van der Waals surface area (Å²) in [6.45, 7) is 2.55. The van der Waals surface area contributed by atoms with Crippen LogP contribution in [0.15, 0.2) is 20.1 Å². The van der Waals surface area contributed by atoms with Crippen LogP contribution in [0.4, 0.5) is 0 Å². The van der Waals surface area contributed by atoms with Crippen molar-refractivity contribution >= 4 is 49.7 Å². The molecule has 1 aromatic heterocycles. The fourth-order valence-electron chi connectivity index (χ4n) is 1.47. The molecule has 0 aliphatic carbocycles. The Kier molecular flexibility index (Phi) is 5.21. The first-order valence-corrected chi connectivity index (χ1v) is 7.67. The van der Waals surface area contributed by atoms with Crippen LogP contribution in [0.1, 0.15) is 0 Å². The molecule has 1 saturated heterocycles. The van der Waals surface area contributed by atoms with Gasteiger partial charge in [-0.15, -0.1) is 23.7 Å². The molecule has 2 rings (SSSR count). The minimum Gasteiger partial charge on any atom is -0.314 e. The van der Waals surface area contributed by atoms with E-state index in [4.69, 9.17) is 0 Å². The summed E-state index contributed by atoms with van der Waals surface area (Å²) < 4.78 is 26.9. The Bertz CT molecular complexity index is 443. The van der Waals surface area contributed by atoms with Gasteiger partial charge in [0.2, 0.25) is 0 Å². The Balaban J connectivity index is 0.00000128. The second-order valence-electron chi connectivity index (χ2n) is 3.21. The normalized spacial score (nSPS) is 18.1. The maximum atomic E-state index is 12.1. The number of sulfonamides is 1. The van der Waals surface area contributed by atoms with Crippen LogP contribution < -0.4 is 5.32 Å². The van der Waals surface area contributed by atoms with Gasteiger partial charge in [-0.05, 0) is 27.4 Å². The first kappa shape index (κ1) is 14.4. The summed E-state index contributed by atoms with van der Waals surface area (Å²) in [5.74, 6) is 0. The third-order valence-corrected chi connectivity index (χ3v) is 6.78. The van der Waals surface area contributed by atoms with Crippen LogP contribution in [0.2, 0.25) is 0 Å². The standard InChI is InChI=1S/C8H11BrN2O2S2.ClH/c9-7-1-6-14-8(7)15(12,13)11-4-2-10-3-5-11;/h1,6,10H,2-5H2;1H. The number of nitrogens with one attached hydrogen (secondary N) is 1. The highest BCUT2D eigenvalue weighted by Gasteiger charge is 2.28. The molecule has 1 aromatic rings. The lowest BCUT2D eigenvalue weighted by Crippen LogP contribution is -2.46. The maximum absolute atomic E-state index is 12.1. The van der Waals surface area contributed by atoms with E-state index in [1.165, 1.54) is 15.6 Å². The fraction of sp³-hybridized carbons (Fsp3) is 0.500. The topological polar surface area (TPSA) is 49.4 Å². The molecule has 0 bridgehead atoms. The van der Waals surface area contributed by atoms with E-state index in [1.54, 1.807) is 11.4 Å². The van der Waals surface area contributed by atoms with Gasteiger partial charge in [0.25, 0.3) is 10.0 Å². The molecule has 1 fully saturated rings. The highest BCUT2D eigenvalue weighted by molar-refractivity contribution is 9.10. The van der Waals surface area contributed by atoms with E-state index >= 15 is 0 Å². The van der Waals surface area contributed by atoms with Gasteiger partial charge in [-0.25, -0.2) is 8.42 Å². The van der Waals surface area contributed by atoms with Gasteiger partial charge in [0, 0.05) is 30.7 Å². The molecule has 8 heteroatoms. The molecule has 1 aliphatic rings. The zero-order valence-corrected chi connectivity index (χ0v) is 12.4. The van der Waals surface area contributed by atoms with Gasteiger partial charge in [0.15, 0.2) is 0 Å². The van der Waals surface area contributed by atoms with Crippen molar-refractivity contribution in [3.05, 3.63) is 15.9 Å². The lowest BCUT2D eigenvalue weighted by molar-refractivity contribution is 0.361. The highest BCUT2D eigenvalue weighted by atomic mass is 79.9. The van der Waals surface area contributed by atoms with Crippen LogP contribution in [0, 0.1) is 0 Å². The number of hydrogen-bond donors (Lipinski definition) is 1. The molecule has 16 heavy (non-hydrogen) atoms. The van der Waals surface area contributed by atoms with Crippen LogP contribution in [-0.4, -0.2) is 38.9 Å². The van der Waals surface area contributed by atoms with Gasteiger partial charge in [-0.2, -0.15) is 4.31 Å². The molecule has 92 valence electrons. The molecule has 0 unspecified atom stereocenters. The molecule has 0 amide bonds. The summed E-state index contributed by atoms with van der Waals surface area (Å²) in [4.78, 5) is 0. The van der Waals surface area contributed by atoms with E-state index < -0.39 is 10.0 Å². The molecule has 4 nitrogen and oxygen atoms in total. The zero-order valence-electron chi connectivity index (χ0n) is 8.35. The van der Waals surface area contributed by atoms with Gasteiger partial charge in [0.1, 0.15) is 4.21 Å². The van der Waals surface area contributed by atoms with E-state index in [0.29, 0.717) is 21.8 Å². The van der Waals surface area contributed by atoms with Crippen molar-refractivity contribution in [2.45, 2.75) is 4.21 Å². The molecular weight excluding hydrogens is 336 g/mol. The average Bonchev–Trinajstić information content (AvgIpc) is 2.66. The number of piperazine rings is 1. The third-order valence-electron chi connectivity index (χ3n) is 2.23. The van der Waals surface area contributed by atoms with E-state index in [2.05, 4.69) is 21.2 Å². The van der Waals surface area contributed by atoms with E-state index in [0.717, 1.165) is 13.1 Å². The second kappa shape index (κ2) is 5.79. The second-order valence-corrected chi connectivity index (χ2v) is 7.11. The van der Waals surface area contributed by atoms with E-state index in [-0.39, 0.29) is 12.4 Å². The molecule has 2 heterocycles. The lowest BCUT2D eigenvalue weighted by atomic mass is 10.4. The minimum absolute atomic E-state index is 0. The Morgan fingerprint density at radius 2 is 2.00 bits per heavy atom. The first-order chi connectivity index (χ1) is 7.12. The number of thiophene rings is 1. The van der Waals surface area contributed by atoms with Crippen LogP contribution >= 0.6 is 39.7 Å². The van der Waals surface area contributed by atoms with Crippen LogP contribution in [0.25, 0.3) is 0 Å². The summed E-state index contributed by atoms with van der Waals surface area (Å²) >= 11 is 4.51. The molecule has 0 saturated carbocycles. The van der Waals surface area contributed by atoms with Crippen molar-refractivity contribution in [3.63, 3.8) is 0 Å². The van der Waals surface area contributed by atoms with Gasteiger partial charge >= 0.3 is 0 Å². The predicted octanol–water partition coefficient (Wildman–Crippen LogP) is 1.53. The van der Waals surface area contributed by atoms with Crippen molar-refractivity contribution in [3.8, 4) is 0 Å². The van der Waals surface area contributed by atoms with Crippen molar-refractivity contribution in [1.29, 1.82) is 0 Å². The Hall–Kier alpha value is 0.340. The predicted molar refractivity (Wildman–Crippen MR) is 70.9 cm³/mol. The Morgan fingerprint density at radius 3 is 2.50 bits per heavy atom. The van der Waals surface area contributed by atoms with Crippen molar-refractivity contribution in [1.82, 2.24) is 9.62 Å². The van der Waals surface area contributed by atoms with Gasteiger partial charge in [0.05, 0.1) is 0 Å². The summed E-state index contributed by atoms with van der Waals surface area (Å²) in [6, 6.07) is 1.76. The molecular formula is C8H12BrClN2O2S2. The first-order valence-electron chi connectivity index (χ1n) is 4.56. The molecule has 0 spiro atoms. The number of halogens is 2. The van der Waals surface area contributed by atoms with Crippen LogP contribution in [0.3, 0.4) is 0 Å². The number of rotatable bonds is 2. The molecule has 1 aliphatic heterocycles. The summed E-state index contributed by atoms with van der Waals surface area (Å²) in [5, 5.41) is 4.91. The largest absolute Gasteiger partial charge is 0.314 e.